The zero-order valence-corrected chi connectivity index (χ0v) is 17.1. The average molecular weight is 408 g/mol. The van der Waals surface area contributed by atoms with Crippen LogP contribution in [0, 0.1) is 0 Å². The second kappa shape index (κ2) is 10.4. The molecule has 6 nitrogen and oxygen atoms in total. The summed E-state index contributed by atoms with van der Waals surface area (Å²) in [4.78, 5) is 11.2. The van der Waals surface area contributed by atoms with E-state index < -0.39 is 0 Å². The number of hydrogen-bond donors (Lipinski definition) is 2. The summed E-state index contributed by atoms with van der Waals surface area (Å²) in [5.74, 6) is 1.29. The van der Waals surface area contributed by atoms with Gasteiger partial charge >= 0.3 is 0 Å². The van der Waals surface area contributed by atoms with Crippen molar-refractivity contribution in [1.82, 2.24) is 15.6 Å². The molecule has 0 aromatic carbocycles. The summed E-state index contributed by atoms with van der Waals surface area (Å²) in [5, 5.41) is 10.9. The van der Waals surface area contributed by atoms with Gasteiger partial charge in [-0.2, -0.15) is 0 Å². The Hall–Kier alpha value is -1.99. The van der Waals surface area contributed by atoms with Crippen LogP contribution in [0.1, 0.15) is 19.8 Å². The fourth-order valence-corrected chi connectivity index (χ4v) is 3.95. The quantitative estimate of drug-likeness (QED) is 0.418. The Bertz CT molecular complexity index is 717. The van der Waals surface area contributed by atoms with Crippen molar-refractivity contribution in [3.8, 4) is 5.88 Å². The van der Waals surface area contributed by atoms with Crippen molar-refractivity contribution in [2.24, 2.45) is 4.99 Å². The van der Waals surface area contributed by atoms with Gasteiger partial charge < -0.3 is 20.3 Å². The van der Waals surface area contributed by atoms with Gasteiger partial charge in [-0.05, 0) is 49.4 Å². The van der Waals surface area contributed by atoms with E-state index in [1.165, 1.54) is 5.00 Å². The number of pyridine rings is 1. The Morgan fingerprint density at radius 2 is 2.22 bits per heavy atom. The molecule has 3 heterocycles. The predicted molar refractivity (Wildman–Crippen MR) is 113 cm³/mol. The Morgan fingerprint density at radius 1 is 1.37 bits per heavy atom. The minimum Gasteiger partial charge on any atom is -0.475 e. The van der Waals surface area contributed by atoms with Gasteiger partial charge in [-0.25, -0.2) is 9.98 Å². The smallest absolute Gasteiger partial charge is 0.232 e. The van der Waals surface area contributed by atoms with Gasteiger partial charge in [-0.1, -0.05) is 11.6 Å². The van der Waals surface area contributed by atoms with Crippen LogP contribution >= 0.6 is 22.9 Å². The van der Waals surface area contributed by atoms with E-state index >= 15 is 0 Å². The number of rotatable bonds is 7. The molecule has 0 atom stereocenters. The van der Waals surface area contributed by atoms with E-state index in [-0.39, 0.29) is 0 Å². The average Bonchev–Trinajstić information content (AvgIpc) is 3.22. The molecule has 2 aromatic rings. The van der Waals surface area contributed by atoms with Gasteiger partial charge in [-0.15, -0.1) is 11.3 Å². The van der Waals surface area contributed by atoms with Crippen LogP contribution in [-0.2, 0) is 0 Å². The Labute approximate surface area is 169 Å². The molecule has 1 saturated heterocycles. The maximum absolute atomic E-state index is 6.04. The molecule has 3 rings (SSSR count). The van der Waals surface area contributed by atoms with Gasteiger partial charge in [0, 0.05) is 31.9 Å². The van der Waals surface area contributed by atoms with Gasteiger partial charge in [0.15, 0.2) is 5.96 Å². The van der Waals surface area contributed by atoms with Crippen molar-refractivity contribution >= 4 is 33.9 Å². The van der Waals surface area contributed by atoms with Crippen molar-refractivity contribution in [3.05, 3.63) is 40.9 Å². The van der Waals surface area contributed by atoms with Crippen molar-refractivity contribution in [3.63, 3.8) is 0 Å². The van der Waals surface area contributed by atoms with Crippen LogP contribution in [-0.4, -0.2) is 49.8 Å². The molecule has 0 unspecified atom stereocenters. The van der Waals surface area contributed by atoms with Crippen LogP contribution in [0.4, 0.5) is 5.00 Å². The first kappa shape index (κ1) is 19.8. The van der Waals surface area contributed by atoms with Crippen LogP contribution in [0.15, 0.2) is 40.8 Å². The molecule has 1 fully saturated rings. The van der Waals surface area contributed by atoms with Crippen LogP contribution in [0.5, 0.6) is 5.88 Å². The Morgan fingerprint density at radius 3 is 2.93 bits per heavy atom. The van der Waals surface area contributed by atoms with Crippen molar-refractivity contribution < 1.29 is 4.74 Å². The molecule has 0 bridgehead atoms. The molecule has 1 aliphatic heterocycles. The molecule has 0 aliphatic carbocycles. The maximum Gasteiger partial charge on any atom is 0.232 e. The summed E-state index contributed by atoms with van der Waals surface area (Å²) in [5.41, 5.74) is 0. The van der Waals surface area contributed by atoms with Crippen molar-refractivity contribution in [1.29, 1.82) is 0 Å². The molecule has 0 saturated carbocycles. The molecule has 8 heteroatoms. The number of hydrogen-bond acceptors (Lipinski definition) is 5. The normalized spacial score (nSPS) is 15.6. The molecule has 0 amide bonds. The fourth-order valence-electron chi connectivity index (χ4n) is 2.98. The van der Waals surface area contributed by atoms with Crippen LogP contribution in [0.2, 0.25) is 5.02 Å². The molecular formula is C19H26ClN5OS. The van der Waals surface area contributed by atoms with Crippen LogP contribution in [0.25, 0.3) is 0 Å². The SMILES string of the molecule is CCNC(=NCCOc1ncccc1Cl)NC1CCN(c2cccs2)CC1. The summed E-state index contributed by atoms with van der Waals surface area (Å²) < 4.78 is 5.60. The maximum atomic E-state index is 6.04. The molecular weight excluding hydrogens is 382 g/mol. The van der Waals surface area contributed by atoms with E-state index in [1.807, 2.05) is 0 Å². The summed E-state index contributed by atoms with van der Waals surface area (Å²) >= 11 is 7.85. The highest BCUT2D eigenvalue weighted by molar-refractivity contribution is 7.14. The number of anilines is 1. The van der Waals surface area contributed by atoms with Crippen LogP contribution in [0.3, 0.4) is 0 Å². The number of thiophene rings is 1. The van der Waals surface area contributed by atoms with Gasteiger partial charge in [0.05, 0.1) is 11.5 Å². The number of halogens is 1. The molecule has 0 spiro atoms. The highest BCUT2D eigenvalue weighted by atomic mass is 35.5. The summed E-state index contributed by atoms with van der Waals surface area (Å²) in [6, 6.07) is 8.29. The Kier molecular flexibility index (Phi) is 7.59. The minimum atomic E-state index is 0.435. The van der Waals surface area contributed by atoms with E-state index in [4.69, 9.17) is 16.3 Å². The van der Waals surface area contributed by atoms with E-state index in [1.54, 1.807) is 29.7 Å². The molecule has 2 N–H and O–H groups in total. The number of nitrogens with zero attached hydrogens (tertiary/aromatic N) is 3. The summed E-state index contributed by atoms with van der Waals surface area (Å²) in [7, 11) is 0. The van der Waals surface area contributed by atoms with E-state index in [9.17, 15) is 0 Å². The number of nitrogens with one attached hydrogen (secondary N) is 2. The molecule has 1 aliphatic rings. The monoisotopic (exact) mass is 407 g/mol. The third-order valence-electron chi connectivity index (χ3n) is 4.32. The zero-order valence-electron chi connectivity index (χ0n) is 15.5. The first-order chi connectivity index (χ1) is 13.3. The number of aromatic nitrogens is 1. The van der Waals surface area contributed by atoms with E-state index in [2.05, 4.69) is 49.9 Å². The highest BCUT2D eigenvalue weighted by Crippen LogP contribution is 2.24. The van der Waals surface area contributed by atoms with Crippen LogP contribution < -0.4 is 20.3 Å². The first-order valence-corrected chi connectivity index (χ1v) is 10.6. The lowest BCUT2D eigenvalue weighted by molar-refractivity contribution is 0.316. The lowest BCUT2D eigenvalue weighted by Crippen LogP contribution is -2.48. The lowest BCUT2D eigenvalue weighted by Gasteiger charge is -2.33. The summed E-state index contributed by atoms with van der Waals surface area (Å²) in [6.07, 6.45) is 3.86. The van der Waals surface area contributed by atoms with Crippen molar-refractivity contribution in [2.75, 3.05) is 37.7 Å². The molecule has 0 radical (unpaired) electrons. The second-order valence-corrected chi connectivity index (χ2v) is 7.59. The second-order valence-electron chi connectivity index (χ2n) is 6.26. The van der Waals surface area contributed by atoms with Gasteiger partial charge in [-0.3, -0.25) is 0 Å². The topological polar surface area (TPSA) is 61.8 Å². The third kappa shape index (κ3) is 6.01. The molecule has 27 heavy (non-hydrogen) atoms. The Balaban J connectivity index is 1.44. The van der Waals surface area contributed by atoms with E-state index in [0.717, 1.165) is 38.4 Å². The minimum absolute atomic E-state index is 0.435. The van der Waals surface area contributed by atoms with Crippen molar-refractivity contribution in [2.45, 2.75) is 25.8 Å². The number of piperidine rings is 1. The summed E-state index contributed by atoms with van der Waals surface area (Å²) in [6.45, 7) is 6.01. The van der Waals surface area contributed by atoms with Gasteiger partial charge in [0.1, 0.15) is 11.6 Å². The zero-order chi connectivity index (χ0) is 18.9. The highest BCUT2D eigenvalue weighted by Gasteiger charge is 2.20. The number of guanidine groups is 1. The first-order valence-electron chi connectivity index (χ1n) is 9.33. The predicted octanol–water partition coefficient (Wildman–Crippen LogP) is 3.40. The number of aliphatic imine (C=N–C) groups is 1. The number of ether oxygens (including phenoxy) is 1. The standard InChI is InChI=1S/C19H26ClN5OS/c1-2-21-19(23-10-13-26-18-16(20)5-3-9-22-18)24-15-7-11-25(12-8-15)17-6-4-14-27-17/h3-6,9,14-15H,2,7-8,10-13H2,1H3,(H2,21,23,24). The van der Waals surface area contributed by atoms with Gasteiger partial charge in [0.2, 0.25) is 5.88 Å². The molecule has 146 valence electrons. The van der Waals surface area contributed by atoms with E-state index in [0.29, 0.717) is 30.1 Å². The largest absolute Gasteiger partial charge is 0.475 e. The lowest BCUT2D eigenvalue weighted by atomic mass is 10.1. The van der Waals surface area contributed by atoms with Gasteiger partial charge in [0.25, 0.3) is 0 Å². The fraction of sp³-hybridized carbons (Fsp3) is 0.474. The molecule has 2 aromatic heterocycles. The third-order valence-corrected chi connectivity index (χ3v) is 5.54.